The molecule has 9 heteroatoms. The van der Waals surface area contributed by atoms with Crippen molar-refractivity contribution in [3.63, 3.8) is 0 Å². The van der Waals surface area contributed by atoms with Crippen LogP contribution in [0, 0.1) is 0 Å². The molecular weight excluding hydrogens is 553 g/mol. The SMILES string of the molecule is CCOc1cc(/C=C2\SC(=Nc3ccncc3Cl)N(c3ccccc3)C2=O)ccc1OCc1ccccc1Cl. The van der Waals surface area contributed by atoms with E-state index in [1.165, 1.54) is 18.0 Å². The summed E-state index contributed by atoms with van der Waals surface area (Å²) in [7, 11) is 0. The highest BCUT2D eigenvalue weighted by Gasteiger charge is 2.35. The largest absolute Gasteiger partial charge is 0.490 e. The molecule has 0 bridgehead atoms. The molecule has 6 nitrogen and oxygen atoms in total. The van der Waals surface area contributed by atoms with Crippen LogP contribution < -0.4 is 14.4 Å². The number of aromatic nitrogens is 1. The summed E-state index contributed by atoms with van der Waals surface area (Å²) in [5.74, 6) is 0.976. The lowest BCUT2D eigenvalue weighted by molar-refractivity contribution is -0.113. The molecule has 196 valence electrons. The molecule has 0 unspecified atom stereocenters. The van der Waals surface area contributed by atoms with Crippen molar-refractivity contribution in [2.45, 2.75) is 13.5 Å². The van der Waals surface area contributed by atoms with E-state index in [2.05, 4.69) is 4.98 Å². The predicted molar refractivity (Wildman–Crippen MR) is 159 cm³/mol. The first-order valence-corrected chi connectivity index (χ1v) is 13.7. The Morgan fingerprint density at radius 2 is 1.74 bits per heavy atom. The zero-order chi connectivity index (χ0) is 27.2. The minimum absolute atomic E-state index is 0.188. The molecule has 39 heavy (non-hydrogen) atoms. The summed E-state index contributed by atoms with van der Waals surface area (Å²) in [6.45, 7) is 2.67. The number of rotatable bonds is 8. The average Bonchev–Trinajstić information content (AvgIpc) is 3.25. The molecule has 1 fully saturated rings. The first-order valence-electron chi connectivity index (χ1n) is 12.1. The second-order valence-electron chi connectivity index (χ2n) is 8.33. The number of hydrogen-bond donors (Lipinski definition) is 0. The second kappa shape index (κ2) is 12.4. The van der Waals surface area contributed by atoms with Crippen molar-refractivity contribution in [3.05, 3.63) is 117 Å². The molecule has 0 aliphatic carbocycles. The topological polar surface area (TPSA) is 64.0 Å². The van der Waals surface area contributed by atoms with E-state index in [-0.39, 0.29) is 5.91 Å². The number of benzene rings is 3. The van der Waals surface area contributed by atoms with Crippen molar-refractivity contribution in [1.29, 1.82) is 0 Å². The quantitative estimate of drug-likeness (QED) is 0.198. The molecular formula is C30H23Cl2N3O3S. The lowest BCUT2D eigenvalue weighted by atomic mass is 10.1. The maximum Gasteiger partial charge on any atom is 0.271 e. The highest BCUT2D eigenvalue weighted by atomic mass is 35.5. The molecule has 2 heterocycles. The fourth-order valence-electron chi connectivity index (χ4n) is 3.84. The van der Waals surface area contributed by atoms with Gasteiger partial charge in [-0.1, -0.05) is 65.7 Å². The Hall–Kier alpha value is -3.78. The van der Waals surface area contributed by atoms with E-state index in [4.69, 9.17) is 37.7 Å². The van der Waals surface area contributed by atoms with E-state index in [9.17, 15) is 4.79 Å². The van der Waals surface area contributed by atoms with Crippen molar-refractivity contribution >= 4 is 63.5 Å². The van der Waals surface area contributed by atoms with Gasteiger partial charge in [0.15, 0.2) is 16.7 Å². The molecule has 0 saturated carbocycles. The first kappa shape index (κ1) is 26.8. The lowest BCUT2D eigenvalue weighted by Crippen LogP contribution is -2.28. The number of thioether (sulfide) groups is 1. The van der Waals surface area contributed by atoms with Crippen molar-refractivity contribution < 1.29 is 14.3 Å². The van der Waals surface area contributed by atoms with Crippen LogP contribution in [0.5, 0.6) is 11.5 Å². The zero-order valence-corrected chi connectivity index (χ0v) is 23.2. The van der Waals surface area contributed by atoms with Crippen LogP contribution in [-0.2, 0) is 11.4 Å². The van der Waals surface area contributed by atoms with E-state index in [1.54, 1.807) is 17.2 Å². The van der Waals surface area contributed by atoms with Gasteiger partial charge < -0.3 is 9.47 Å². The summed E-state index contributed by atoms with van der Waals surface area (Å²) < 4.78 is 11.9. The molecule has 1 amide bonds. The van der Waals surface area contributed by atoms with Crippen LogP contribution in [0.1, 0.15) is 18.1 Å². The summed E-state index contributed by atoms with van der Waals surface area (Å²) in [5.41, 5.74) is 2.90. The van der Waals surface area contributed by atoms with Crippen LogP contribution in [0.2, 0.25) is 10.0 Å². The Morgan fingerprint density at radius 3 is 2.51 bits per heavy atom. The fourth-order valence-corrected chi connectivity index (χ4v) is 5.19. The third-order valence-electron chi connectivity index (χ3n) is 5.69. The van der Waals surface area contributed by atoms with Gasteiger partial charge >= 0.3 is 0 Å². The Bertz CT molecular complexity index is 1560. The van der Waals surface area contributed by atoms with Gasteiger partial charge in [0.05, 0.1) is 27.9 Å². The van der Waals surface area contributed by atoms with Crippen molar-refractivity contribution in [1.82, 2.24) is 4.98 Å². The normalized spacial score (nSPS) is 15.3. The summed E-state index contributed by atoms with van der Waals surface area (Å²) in [5, 5.41) is 1.54. The van der Waals surface area contributed by atoms with Gasteiger partial charge in [0.2, 0.25) is 0 Å². The van der Waals surface area contributed by atoms with Crippen molar-refractivity contribution in [3.8, 4) is 11.5 Å². The molecule has 0 radical (unpaired) electrons. The minimum Gasteiger partial charge on any atom is -0.490 e. The predicted octanol–water partition coefficient (Wildman–Crippen LogP) is 8.17. The lowest BCUT2D eigenvalue weighted by Gasteiger charge is -2.15. The fraction of sp³-hybridized carbons (Fsp3) is 0.100. The Labute approximate surface area is 240 Å². The van der Waals surface area contributed by atoms with Crippen LogP contribution >= 0.6 is 35.0 Å². The molecule has 0 spiro atoms. The van der Waals surface area contributed by atoms with Gasteiger partial charge in [0, 0.05) is 23.0 Å². The highest BCUT2D eigenvalue weighted by molar-refractivity contribution is 8.19. The van der Waals surface area contributed by atoms with E-state index >= 15 is 0 Å². The number of aliphatic imine (C=N–C) groups is 1. The van der Waals surface area contributed by atoms with Crippen LogP contribution in [0.25, 0.3) is 6.08 Å². The molecule has 1 aliphatic rings. The molecule has 4 aromatic rings. The summed E-state index contributed by atoms with van der Waals surface area (Å²) in [6.07, 6.45) is 4.96. The zero-order valence-electron chi connectivity index (χ0n) is 20.9. The maximum absolute atomic E-state index is 13.6. The smallest absolute Gasteiger partial charge is 0.271 e. The minimum atomic E-state index is -0.188. The molecule has 3 aromatic carbocycles. The van der Waals surface area contributed by atoms with E-state index in [0.717, 1.165) is 11.1 Å². The number of halogens is 2. The van der Waals surface area contributed by atoms with Crippen molar-refractivity contribution in [2.24, 2.45) is 4.99 Å². The monoisotopic (exact) mass is 575 g/mol. The Balaban J connectivity index is 1.46. The molecule has 1 aromatic heterocycles. The Kier molecular flexibility index (Phi) is 8.51. The standard InChI is InChI=1S/C30H23Cl2N3O3S/c1-2-37-27-16-20(12-13-26(27)38-19-21-8-6-7-11-23(21)31)17-28-29(36)35(22-9-4-3-5-10-22)30(39-28)34-25-14-15-33-18-24(25)32/h3-18H,2,19H2,1H3/b28-17-,34-30?. The van der Waals surface area contributed by atoms with Gasteiger partial charge in [0.1, 0.15) is 6.61 Å². The molecule has 5 rings (SSSR count). The number of nitrogens with zero attached hydrogens (tertiary/aromatic N) is 3. The number of pyridine rings is 1. The first-order chi connectivity index (χ1) is 19.0. The molecule has 0 atom stereocenters. The number of amides is 1. The van der Waals surface area contributed by atoms with Crippen molar-refractivity contribution in [2.75, 3.05) is 11.5 Å². The summed E-state index contributed by atoms with van der Waals surface area (Å²) in [4.78, 5) is 24.4. The van der Waals surface area contributed by atoms with Gasteiger partial charge in [-0.3, -0.25) is 14.7 Å². The second-order valence-corrected chi connectivity index (χ2v) is 10.2. The van der Waals surface area contributed by atoms with Gasteiger partial charge in [-0.05, 0) is 66.7 Å². The van der Waals surface area contributed by atoms with Crippen LogP contribution in [0.4, 0.5) is 11.4 Å². The summed E-state index contributed by atoms with van der Waals surface area (Å²) >= 11 is 13.9. The number of carbonyl (C=O) groups is 1. The van der Waals surface area contributed by atoms with Crippen LogP contribution in [0.15, 0.2) is 101 Å². The number of amidine groups is 1. The van der Waals surface area contributed by atoms with E-state index in [1.807, 2.05) is 85.8 Å². The van der Waals surface area contributed by atoms with Gasteiger partial charge in [-0.25, -0.2) is 4.99 Å². The van der Waals surface area contributed by atoms with E-state index in [0.29, 0.717) is 56.2 Å². The number of ether oxygens (including phenoxy) is 2. The molecule has 1 saturated heterocycles. The number of anilines is 1. The maximum atomic E-state index is 13.6. The van der Waals surface area contributed by atoms with Gasteiger partial charge in [-0.15, -0.1) is 0 Å². The Morgan fingerprint density at radius 1 is 0.949 bits per heavy atom. The van der Waals surface area contributed by atoms with Gasteiger partial charge in [0.25, 0.3) is 5.91 Å². The van der Waals surface area contributed by atoms with Gasteiger partial charge in [-0.2, -0.15) is 0 Å². The molecule has 0 N–H and O–H groups in total. The number of hydrogen-bond acceptors (Lipinski definition) is 6. The van der Waals surface area contributed by atoms with Crippen LogP contribution in [0.3, 0.4) is 0 Å². The third kappa shape index (κ3) is 6.28. The van der Waals surface area contributed by atoms with E-state index < -0.39 is 0 Å². The average molecular weight is 577 g/mol. The van der Waals surface area contributed by atoms with Crippen LogP contribution in [-0.4, -0.2) is 22.7 Å². The third-order valence-corrected chi connectivity index (χ3v) is 7.32. The summed E-state index contributed by atoms with van der Waals surface area (Å²) in [6, 6.07) is 24.2. The number of carbonyl (C=O) groups excluding carboxylic acids is 1. The molecule has 1 aliphatic heterocycles. The number of para-hydroxylation sites is 1. The highest BCUT2D eigenvalue weighted by Crippen LogP contribution is 2.39.